The smallest absolute Gasteiger partial charge is 0.257 e. The van der Waals surface area contributed by atoms with E-state index in [9.17, 15) is 13.2 Å². The fourth-order valence-electron chi connectivity index (χ4n) is 3.25. The van der Waals surface area contributed by atoms with Crippen LogP contribution in [0.15, 0.2) is 47.4 Å². The molecule has 0 unspecified atom stereocenters. The maximum absolute atomic E-state index is 13.0. The molecule has 2 aromatic rings. The number of benzene rings is 2. The molecule has 1 fully saturated rings. The van der Waals surface area contributed by atoms with Crippen LogP contribution in [0.3, 0.4) is 0 Å². The van der Waals surface area contributed by atoms with Crippen molar-refractivity contribution in [2.75, 3.05) is 47.5 Å². The first-order valence-corrected chi connectivity index (χ1v) is 10.5. The minimum atomic E-state index is -3.63. The number of hydrogen-bond donors (Lipinski definition) is 0. The summed E-state index contributed by atoms with van der Waals surface area (Å²) in [5.41, 5.74) is 0.387. The van der Waals surface area contributed by atoms with Crippen molar-refractivity contribution in [2.45, 2.75) is 4.90 Å². The molecule has 1 aliphatic heterocycles. The number of sulfonamides is 1. The Morgan fingerprint density at radius 1 is 0.862 bits per heavy atom. The predicted octanol–water partition coefficient (Wildman–Crippen LogP) is 1.86. The van der Waals surface area contributed by atoms with Crippen molar-refractivity contribution in [1.29, 1.82) is 0 Å². The standard InChI is InChI=1S/C20H24N2O6S/c1-26-15-7-9-16(10-8-15)29(24,25)22-13-11-21(12-14-22)20(23)17-5-4-6-18(27-2)19(17)28-3/h4-10H,11-14H2,1-3H3. The molecule has 156 valence electrons. The molecule has 0 aliphatic carbocycles. The van der Waals surface area contributed by atoms with E-state index >= 15 is 0 Å². The molecule has 1 heterocycles. The molecule has 3 rings (SSSR count). The molecular weight excluding hydrogens is 396 g/mol. The van der Waals surface area contributed by atoms with E-state index < -0.39 is 10.0 Å². The van der Waals surface area contributed by atoms with Gasteiger partial charge in [0.25, 0.3) is 5.91 Å². The lowest BCUT2D eigenvalue weighted by atomic mass is 10.1. The van der Waals surface area contributed by atoms with Crippen molar-refractivity contribution < 1.29 is 27.4 Å². The lowest BCUT2D eigenvalue weighted by Gasteiger charge is -2.34. The van der Waals surface area contributed by atoms with Gasteiger partial charge in [0.05, 0.1) is 31.8 Å². The number of piperazine rings is 1. The van der Waals surface area contributed by atoms with Gasteiger partial charge in [-0.15, -0.1) is 0 Å². The fourth-order valence-corrected chi connectivity index (χ4v) is 4.68. The summed E-state index contributed by atoms with van der Waals surface area (Å²) in [5, 5.41) is 0. The Kier molecular flexibility index (Phi) is 6.29. The first-order chi connectivity index (χ1) is 13.9. The van der Waals surface area contributed by atoms with Crippen LogP contribution in [0.2, 0.25) is 0 Å². The van der Waals surface area contributed by atoms with Gasteiger partial charge in [-0.25, -0.2) is 8.42 Å². The minimum Gasteiger partial charge on any atom is -0.497 e. The fraction of sp³-hybridized carbons (Fsp3) is 0.350. The van der Waals surface area contributed by atoms with Crippen LogP contribution in [0.4, 0.5) is 0 Å². The van der Waals surface area contributed by atoms with E-state index in [-0.39, 0.29) is 37.0 Å². The molecule has 0 spiro atoms. The van der Waals surface area contributed by atoms with Crippen molar-refractivity contribution in [2.24, 2.45) is 0 Å². The summed E-state index contributed by atoms with van der Waals surface area (Å²) in [6.45, 7) is 1.00. The zero-order valence-corrected chi connectivity index (χ0v) is 17.4. The monoisotopic (exact) mass is 420 g/mol. The van der Waals surface area contributed by atoms with Crippen LogP contribution >= 0.6 is 0 Å². The number of ether oxygens (including phenoxy) is 3. The quantitative estimate of drug-likeness (QED) is 0.709. The molecule has 2 aromatic carbocycles. The summed E-state index contributed by atoms with van der Waals surface area (Å²) in [4.78, 5) is 14.8. The number of nitrogens with zero attached hydrogens (tertiary/aromatic N) is 2. The normalized spacial score (nSPS) is 15.1. The molecule has 1 saturated heterocycles. The van der Waals surface area contributed by atoms with E-state index in [1.54, 1.807) is 35.2 Å². The maximum atomic E-state index is 13.0. The summed E-state index contributed by atoms with van der Waals surface area (Å²) in [6.07, 6.45) is 0. The van der Waals surface area contributed by atoms with E-state index in [1.807, 2.05) is 0 Å². The van der Waals surface area contributed by atoms with Crippen LogP contribution in [0, 0.1) is 0 Å². The molecule has 29 heavy (non-hydrogen) atoms. The summed E-state index contributed by atoms with van der Waals surface area (Å²) in [5.74, 6) is 1.21. The highest BCUT2D eigenvalue weighted by Crippen LogP contribution is 2.32. The van der Waals surface area contributed by atoms with E-state index in [1.165, 1.54) is 37.8 Å². The van der Waals surface area contributed by atoms with E-state index in [0.717, 1.165) is 0 Å². The SMILES string of the molecule is COc1ccc(S(=O)(=O)N2CCN(C(=O)c3cccc(OC)c3OC)CC2)cc1. The number of hydrogen-bond acceptors (Lipinski definition) is 6. The number of carbonyl (C=O) groups is 1. The van der Waals surface area contributed by atoms with Crippen LogP contribution in [0.5, 0.6) is 17.2 Å². The van der Waals surface area contributed by atoms with E-state index in [4.69, 9.17) is 14.2 Å². The molecule has 0 atom stereocenters. The van der Waals surface area contributed by atoms with Gasteiger partial charge < -0.3 is 19.1 Å². The average Bonchev–Trinajstić information content (AvgIpc) is 2.78. The van der Waals surface area contributed by atoms with Crippen molar-refractivity contribution in [3.05, 3.63) is 48.0 Å². The third-order valence-electron chi connectivity index (χ3n) is 4.86. The summed E-state index contributed by atoms with van der Waals surface area (Å²) < 4.78 is 42.8. The van der Waals surface area contributed by atoms with Gasteiger partial charge in [-0.05, 0) is 36.4 Å². The number of rotatable bonds is 6. The number of methoxy groups -OCH3 is 3. The Morgan fingerprint density at radius 3 is 2.07 bits per heavy atom. The zero-order chi connectivity index (χ0) is 21.0. The lowest BCUT2D eigenvalue weighted by Crippen LogP contribution is -2.50. The predicted molar refractivity (Wildman–Crippen MR) is 107 cm³/mol. The molecule has 0 bridgehead atoms. The minimum absolute atomic E-state index is 0.201. The summed E-state index contributed by atoms with van der Waals surface area (Å²) >= 11 is 0. The Morgan fingerprint density at radius 2 is 1.52 bits per heavy atom. The molecular formula is C20H24N2O6S. The summed E-state index contributed by atoms with van der Waals surface area (Å²) in [6, 6.07) is 11.4. The largest absolute Gasteiger partial charge is 0.497 e. The van der Waals surface area contributed by atoms with Crippen LogP contribution in [0.25, 0.3) is 0 Å². The highest BCUT2D eigenvalue weighted by atomic mass is 32.2. The first kappa shape index (κ1) is 20.9. The molecule has 9 heteroatoms. The topological polar surface area (TPSA) is 85.4 Å². The second-order valence-corrected chi connectivity index (χ2v) is 8.35. The van der Waals surface area contributed by atoms with Crippen molar-refractivity contribution in [3.63, 3.8) is 0 Å². The van der Waals surface area contributed by atoms with Gasteiger partial charge in [0.15, 0.2) is 11.5 Å². The van der Waals surface area contributed by atoms with E-state index in [0.29, 0.717) is 22.8 Å². The van der Waals surface area contributed by atoms with Gasteiger partial charge >= 0.3 is 0 Å². The van der Waals surface area contributed by atoms with Crippen LogP contribution in [-0.4, -0.2) is 71.0 Å². The van der Waals surface area contributed by atoms with Gasteiger partial charge in [-0.3, -0.25) is 4.79 Å². The Balaban J connectivity index is 1.72. The van der Waals surface area contributed by atoms with Gasteiger partial charge in [0, 0.05) is 26.2 Å². The molecule has 1 amide bonds. The van der Waals surface area contributed by atoms with Gasteiger partial charge in [0.2, 0.25) is 10.0 Å². The van der Waals surface area contributed by atoms with Gasteiger partial charge in [-0.2, -0.15) is 4.31 Å². The van der Waals surface area contributed by atoms with Crippen molar-refractivity contribution in [3.8, 4) is 17.2 Å². The second kappa shape index (κ2) is 8.71. The van der Waals surface area contributed by atoms with Gasteiger partial charge in [0.1, 0.15) is 5.75 Å². The summed E-state index contributed by atoms with van der Waals surface area (Å²) in [7, 11) is 0.885. The number of carbonyl (C=O) groups excluding carboxylic acids is 1. The second-order valence-electron chi connectivity index (χ2n) is 6.41. The number of amides is 1. The lowest BCUT2D eigenvalue weighted by molar-refractivity contribution is 0.0694. The van der Waals surface area contributed by atoms with Crippen LogP contribution in [0.1, 0.15) is 10.4 Å². The maximum Gasteiger partial charge on any atom is 0.257 e. The van der Waals surface area contributed by atoms with Crippen molar-refractivity contribution >= 4 is 15.9 Å². The third-order valence-corrected chi connectivity index (χ3v) is 6.77. The Hall–Kier alpha value is -2.78. The molecule has 0 saturated carbocycles. The average molecular weight is 420 g/mol. The Bertz CT molecular complexity index is 967. The molecule has 0 N–H and O–H groups in total. The highest BCUT2D eigenvalue weighted by molar-refractivity contribution is 7.89. The molecule has 8 nitrogen and oxygen atoms in total. The number of para-hydroxylation sites is 1. The molecule has 0 aromatic heterocycles. The molecule has 0 radical (unpaired) electrons. The highest BCUT2D eigenvalue weighted by Gasteiger charge is 2.31. The van der Waals surface area contributed by atoms with Gasteiger partial charge in [-0.1, -0.05) is 6.07 Å². The first-order valence-electron chi connectivity index (χ1n) is 9.07. The molecule has 1 aliphatic rings. The third kappa shape index (κ3) is 4.15. The van der Waals surface area contributed by atoms with Crippen LogP contribution < -0.4 is 14.2 Å². The van der Waals surface area contributed by atoms with Crippen LogP contribution in [-0.2, 0) is 10.0 Å². The Labute approximate surface area is 170 Å². The zero-order valence-electron chi connectivity index (χ0n) is 16.6. The van der Waals surface area contributed by atoms with E-state index in [2.05, 4.69) is 0 Å². The van der Waals surface area contributed by atoms with Crippen molar-refractivity contribution in [1.82, 2.24) is 9.21 Å².